The van der Waals surface area contributed by atoms with Crippen molar-refractivity contribution in [3.63, 3.8) is 0 Å². The lowest BCUT2D eigenvalue weighted by Gasteiger charge is -2.42. The number of benzene rings is 1. The summed E-state index contributed by atoms with van der Waals surface area (Å²) in [6.45, 7) is 0. The van der Waals surface area contributed by atoms with Crippen molar-refractivity contribution in [3.05, 3.63) is 34.3 Å². The van der Waals surface area contributed by atoms with Crippen LogP contribution < -0.4 is 0 Å². The third kappa shape index (κ3) is 5.59. The lowest BCUT2D eigenvalue weighted by atomic mass is 9.91. The first kappa shape index (κ1) is 36.8. The number of halogens is 18. The van der Waals surface area contributed by atoms with Crippen LogP contribution in [0.3, 0.4) is 0 Å². The lowest BCUT2D eigenvalue weighted by molar-refractivity contribution is -0.458. The van der Waals surface area contributed by atoms with Gasteiger partial charge in [0.1, 0.15) is 0 Å². The molecule has 1 rings (SSSR count). The van der Waals surface area contributed by atoms with E-state index in [-0.39, 0.29) is 5.56 Å². The van der Waals surface area contributed by atoms with Gasteiger partial charge in [0.2, 0.25) is 0 Å². The zero-order chi connectivity index (χ0) is 32.4. The van der Waals surface area contributed by atoms with Gasteiger partial charge in [0.05, 0.1) is 0 Å². The van der Waals surface area contributed by atoms with E-state index in [2.05, 4.69) is 19.6 Å². The summed E-state index contributed by atoms with van der Waals surface area (Å²) >= 11 is 2.97. The molecule has 0 heterocycles. The predicted octanol–water partition coefficient (Wildman–Crippen LogP) is 8.24. The second-order valence-corrected chi connectivity index (χ2v) is 14.2. The van der Waals surface area contributed by atoms with Crippen LogP contribution in [0.15, 0.2) is 28.7 Å². The van der Waals surface area contributed by atoms with Gasteiger partial charge in [0.25, 0.3) is 0 Å². The van der Waals surface area contributed by atoms with E-state index in [0.29, 0.717) is 17.0 Å². The van der Waals surface area contributed by atoms with Crippen LogP contribution in [0.2, 0.25) is 0 Å². The molecular weight excluding hydrogens is 719 g/mol. The first-order valence-electron chi connectivity index (χ1n) is 9.30. The Bertz CT molecular complexity index is 1180. The summed E-state index contributed by atoms with van der Waals surface area (Å²) in [6.07, 6.45) is -6.64. The molecule has 0 aliphatic rings. The van der Waals surface area contributed by atoms with Crippen molar-refractivity contribution in [2.24, 2.45) is 0 Å². The largest absolute Gasteiger partial charge is 0.460 e. The minimum atomic E-state index is -8.89. The van der Waals surface area contributed by atoms with Gasteiger partial charge in [-0.1, -0.05) is 28.1 Å². The van der Waals surface area contributed by atoms with Crippen LogP contribution in [-0.2, 0) is 19.5 Å². The Morgan fingerprint density at radius 3 is 1.27 bits per heavy atom. The normalized spacial score (nSPS) is 16.3. The van der Waals surface area contributed by atoms with Gasteiger partial charge in [0, 0.05) is 10.2 Å². The molecule has 3 nitrogen and oxygen atoms in total. The van der Waals surface area contributed by atoms with Crippen molar-refractivity contribution >= 4 is 36.4 Å². The number of rotatable bonds is 11. The molecule has 0 amide bonds. The molecule has 0 aliphatic heterocycles. The number of hydrogen-bond donors (Lipinski definition) is 0. The minimum Gasteiger partial charge on any atom is -0.215 e. The van der Waals surface area contributed by atoms with Crippen LogP contribution in [0.1, 0.15) is 5.56 Å². The van der Waals surface area contributed by atoms with Gasteiger partial charge in [-0.3, -0.25) is 0 Å². The molecule has 0 fully saturated rings. The van der Waals surface area contributed by atoms with E-state index in [1.54, 1.807) is 0 Å². The van der Waals surface area contributed by atoms with Crippen LogP contribution in [0.5, 0.6) is 0 Å². The van der Waals surface area contributed by atoms with Crippen molar-refractivity contribution in [2.75, 3.05) is 12.5 Å². The topological polar surface area (TPSA) is 43.4 Å². The van der Waals surface area contributed by atoms with Crippen LogP contribution in [0, 0.1) is 0 Å². The molecule has 0 radical (unpaired) electrons. The maximum atomic E-state index is 14.2. The molecule has 0 spiro atoms. The molecule has 236 valence electrons. The highest BCUT2D eigenvalue weighted by molar-refractivity contribution is 9.10. The highest BCUT2D eigenvalue weighted by Crippen LogP contribution is 2.65. The Hall–Kier alpha value is -1.23. The molecule has 0 saturated heterocycles. The summed E-state index contributed by atoms with van der Waals surface area (Å²) in [6, 6.07) is 4.91. The Morgan fingerprint density at radius 1 is 0.600 bits per heavy atom. The summed E-state index contributed by atoms with van der Waals surface area (Å²) in [7, 11) is -11.3. The maximum absolute atomic E-state index is 14.2. The average Bonchev–Trinajstić information content (AvgIpc) is 2.72. The van der Waals surface area contributed by atoms with Gasteiger partial charge >= 0.3 is 57.1 Å². The van der Waals surface area contributed by atoms with Gasteiger partial charge in [-0.05, 0) is 30.2 Å². The van der Waals surface area contributed by atoms with Crippen LogP contribution in [0.4, 0.5) is 74.6 Å². The fraction of sp³-hybridized carbons (Fsp3) is 0.647. The van der Waals surface area contributed by atoms with E-state index in [1.165, 1.54) is 24.3 Å². The molecule has 23 heteroatoms. The first-order valence-corrected chi connectivity index (χ1v) is 14.0. The molecule has 0 aliphatic carbocycles. The van der Waals surface area contributed by atoms with E-state index >= 15 is 0 Å². The first-order chi connectivity index (χ1) is 17.2. The quantitative estimate of drug-likeness (QED) is 0.216. The molecule has 0 saturated carbocycles. The fourth-order valence-electron chi connectivity index (χ4n) is 2.60. The van der Waals surface area contributed by atoms with Crippen molar-refractivity contribution in [1.29, 1.82) is 0 Å². The fourth-order valence-corrected chi connectivity index (χ4v) is 6.77. The predicted molar refractivity (Wildman–Crippen MR) is 108 cm³/mol. The van der Waals surface area contributed by atoms with Crippen molar-refractivity contribution in [3.8, 4) is 0 Å². The van der Waals surface area contributed by atoms with Gasteiger partial charge in [-0.2, -0.15) is 83.1 Å². The van der Waals surface area contributed by atoms with E-state index in [0.717, 1.165) is 0 Å². The molecule has 0 bridgehead atoms. The summed E-state index contributed by atoms with van der Waals surface area (Å²) in [5.41, 5.74) is 0.0257. The number of alkyl halides is 17. The van der Waals surface area contributed by atoms with Crippen molar-refractivity contribution in [2.45, 2.75) is 52.7 Å². The van der Waals surface area contributed by atoms with E-state index < -0.39 is 73.1 Å². The van der Waals surface area contributed by atoms with Gasteiger partial charge in [-0.25, -0.2) is 3.63 Å². The van der Waals surface area contributed by atoms with Crippen LogP contribution >= 0.6 is 26.2 Å². The molecule has 0 atom stereocenters. The average molecular weight is 731 g/mol. The Balaban J connectivity index is 3.60. The van der Waals surface area contributed by atoms with Crippen molar-refractivity contribution in [1.82, 2.24) is 0 Å². The molecule has 40 heavy (non-hydrogen) atoms. The Kier molecular flexibility index (Phi) is 9.38. The Morgan fingerprint density at radius 2 is 0.925 bits per heavy atom. The second-order valence-electron chi connectivity index (χ2n) is 8.19. The smallest absolute Gasteiger partial charge is 0.215 e. The van der Waals surface area contributed by atoms with Gasteiger partial charge in [-0.15, -0.1) is 10.3 Å². The SMILES string of the molecule is CS(C)(Cc1ccc(Br)cc1)OS(=O)(=O)C(F)(F)C(F)(F)C(F)(F)C(F)(F)C(F)(F)C(F)(F)C(F)(F)C(F)(F)F. The number of hydrogen-bond acceptors (Lipinski definition) is 3. The monoisotopic (exact) mass is 730 g/mol. The molecular formula is C17H12BrF17O3S2. The van der Waals surface area contributed by atoms with Gasteiger partial charge < -0.3 is 0 Å². The summed E-state index contributed by atoms with van der Waals surface area (Å²) in [5, 5.41) is -7.70. The zero-order valence-corrected chi connectivity index (χ0v) is 22.1. The summed E-state index contributed by atoms with van der Waals surface area (Å²) in [4.78, 5) is 0. The highest BCUT2D eigenvalue weighted by Gasteiger charge is 2.96. The molecule has 0 aromatic heterocycles. The molecule has 0 N–H and O–H groups in total. The van der Waals surface area contributed by atoms with E-state index in [1.807, 2.05) is 0 Å². The lowest BCUT2D eigenvalue weighted by Crippen LogP contribution is -2.75. The maximum Gasteiger partial charge on any atom is 0.460 e. The highest BCUT2D eigenvalue weighted by atomic mass is 79.9. The Labute approximate surface area is 222 Å². The molecule has 1 aromatic rings. The van der Waals surface area contributed by atoms with Gasteiger partial charge in [0.15, 0.2) is 0 Å². The van der Waals surface area contributed by atoms with E-state index in [4.69, 9.17) is 0 Å². The minimum absolute atomic E-state index is 0.0257. The van der Waals surface area contributed by atoms with E-state index in [9.17, 15) is 83.1 Å². The molecule has 1 aromatic carbocycles. The zero-order valence-electron chi connectivity index (χ0n) is 18.9. The third-order valence-corrected chi connectivity index (χ3v) is 9.34. The second kappa shape index (κ2) is 10.2. The molecule has 0 unspecified atom stereocenters. The van der Waals surface area contributed by atoms with Crippen molar-refractivity contribution < 1.29 is 86.7 Å². The summed E-state index contributed by atoms with van der Waals surface area (Å²) in [5.74, 6) is -52.6. The standard InChI is InChI=1S/C17H12BrF17O3S2/c1-39(2,7-8-3-5-9(18)6-4-8)38-40(36,37)17(34,35)15(29,30)13(25,26)11(21,22)10(19,20)12(23,24)14(27,28)16(31,32)33/h3-6H,7H2,1-2H3. The third-order valence-electron chi connectivity index (χ3n) is 4.71. The van der Waals surface area contributed by atoms with Crippen LogP contribution in [-0.4, -0.2) is 67.9 Å². The summed E-state index contributed by atoms with van der Waals surface area (Å²) < 4.78 is 255. The van der Waals surface area contributed by atoms with Crippen LogP contribution in [0.25, 0.3) is 0 Å².